The second kappa shape index (κ2) is 6.84. The molecule has 2 nitrogen and oxygen atoms in total. The Morgan fingerprint density at radius 2 is 1.78 bits per heavy atom. The average Bonchev–Trinajstić information content (AvgIpc) is 2.98. The fraction of sp³-hybridized carbons (Fsp3) is 0.0455. The van der Waals surface area contributed by atoms with E-state index >= 15 is 0 Å². The molecule has 0 bridgehead atoms. The van der Waals surface area contributed by atoms with Crippen molar-refractivity contribution in [2.45, 2.75) is 6.92 Å². The molecule has 0 saturated carbocycles. The zero-order chi connectivity index (χ0) is 19.1. The number of fused-ring (bicyclic) bond motifs is 1. The van der Waals surface area contributed by atoms with E-state index in [1.165, 1.54) is 12.1 Å². The molecule has 0 unspecified atom stereocenters. The number of hydrogen-bond acceptors (Lipinski definition) is 2. The summed E-state index contributed by atoms with van der Waals surface area (Å²) in [6.07, 6.45) is 0. The van der Waals surface area contributed by atoms with Crippen molar-refractivity contribution in [1.29, 1.82) is 0 Å². The van der Waals surface area contributed by atoms with Gasteiger partial charge in [0.05, 0.1) is 5.02 Å². The zero-order valence-corrected chi connectivity index (χ0v) is 15.7. The third-order valence-electron chi connectivity index (χ3n) is 4.51. The largest absolute Gasteiger partial charge is 0.452 e. The first-order valence-electron chi connectivity index (χ1n) is 8.23. The molecular formula is C22H13Cl2FO2. The molecule has 1 heterocycles. The summed E-state index contributed by atoms with van der Waals surface area (Å²) in [5.41, 5.74) is 2.69. The molecule has 0 amide bonds. The first kappa shape index (κ1) is 17.8. The van der Waals surface area contributed by atoms with Crippen LogP contribution in [0, 0.1) is 12.7 Å². The quantitative estimate of drug-likeness (QED) is 0.345. The molecule has 134 valence electrons. The lowest BCUT2D eigenvalue weighted by molar-refractivity contribution is 0.101. The van der Waals surface area contributed by atoms with Gasteiger partial charge in [0, 0.05) is 27.1 Å². The standard InChI is InChI=1S/C22H13Cl2FO2/c1-12-15-8-6-13(16-4-2-3-5-19(16)25)10-20(15)27-22(12)21(26)17-9-7-14(23)11-18(17)24/h2-11H,1H3. The Labute approximate surface area is 165 Å². The van der Waals surface area contributed by atoms with Crippen molar-refractivity contribution >= 4 is 40.0 Å². The fourth-order valence-electron chi connectivity index (χ4n) is 3.10. The van der Waals surface area contributed by atoms with Gasteiger partial charge >= 0.3 is 0 Å². The summed E-state index contributed by atoms with van der Waals surface area (Å²) in [6, 6.07) is 16.6. The SMILES string of the molecule is Cc1c(C(=O)c2ccc(Cl)cc2Cl)oc2cc(-c3ccccc3F)ccc12. The first-order chi connectivity index (χ1) is 13.0. The summed E-state index contributed by atoms with van der Waals surface area (Å²) in [5, 5.41) is 1.51. The Kier molecular flexibility index (Phi) is 4.50. The number of aryl methyl sites for hydroxylation is 1. The maximum atomic E-state index is 14.1. The zero-order valence-electron chi connectivity index (χ0n) is 14.2. The average molecular weight is 399 g/mol. The van der Waals surface area contributed by atoms with Crippen LogP contribution in [-0.2, 0) is 0 Å². The molecule has 3 aromatic carbocycles. The van der Waals surface area contributed by atoms with Gasteiger partial charge < -0.3 is 4.42 Å². The van der Waals surface area contributed by atoms with Crippen molar-refractivity contribution in [2.24, 2.45) is 0 Å². The highest BCUT2D eigenvalue weighted by molar-refractivity contribution is 6.37. The monoisotopic (exact) mass is 398 g/mol. The van der Waals surface area contributed by atoms with Crippen LogP contribution in [0.1, 0.15) is 21.7 Å². The van der Waals surface area contributed by atoms with Crippen LogP contribution >= 0.6 is 23.2 Å². The van der Waals surface area contributed by atoms with E-state index in [0.29, 0.717) is 32.9 Å². The summed E-state index contributed by atoms with van der Waals surface area (Å²) in [4.78, 5) is 12.9. The van der Waals surface area contributed by atoms with E-state index in [0.717, 1.165) is 5.39 Å². The van der Waals surface area contributed by atoms with E-state index in [2.05, 4.69) is 0 Å². The normalized spacial score (nSPS) is 11.1. The van der Waals surface area contributed by atoms with Crippen molar-refractivity contribution in [1.82, 2.24) is 0 Å². The highest BCUT2D eigenvalue weighted by Crippen LogP contribution is 2.33. The van der Waals surface area contributed by atoms with E-state index in [-0.39, 0.29) is 22.4 Å². The molecule has 0 fully saturated rings. The molecule has 5 heteroatoms. The van der Waals surface area contributed by atoms with Crippen molar-refractivity contribution in [3.63, 3.8) is 0 Å². The van der Waals surface area contributed by atoms with Gasteiger partial charge in [0.25, 0.3) is 0 Å². The number of furan rings is 1. The van der Waals surface area contributed by atoms with Crippen molar-refractivity contribution in [2.75, 3.05) is 0 Å². The Hall–Kier alpha value is -2.62. The van der Waals surface area contributed by atoms with Crippen LogP contribution in [0.5, 0.6) is 0 Å². The lowest BCUT2D eigenvalue weighted by Gasteiger charge is -2.02. The highest BCUT2D eigenvalue weighted by atomic mass is 35.5. The van der Waals surface area contributed by atoms with Crippen LogP contribution < -0.4 is 0 Å². The summed E-state index contributed by atoms with van der Waals surface area (Å²) in [6.45, 7) is 1.81. The van der Waals surface area contributed by atoms with Crippen LogP contribution in [0.15, 0.2) is 65.1 Å². The van der Waals surface area contributed by atoms with Gasteiger partial charge in [-0.25, -0.2) is 4.39 Å². The molecule has 1 aromatic heterocycles. The summed E-state index contributed by atoms with van der Waals surface area (Å²) in [7, 11) is 0. The highest BCUT2D eigenvalue weighted by Gasteiger charge is 2.22. The third kappa shape index (κ3) is 3.14. The second-order valence-electron chi connectivity index (χ2n) is 6.20. The molecule has 0 aliphatic heterocycles. The van der Waals surface area contributed by atoms with Crippen molar-refractivity contribution in [3.05, 3.63) is 93.4 Å². The number of rotatable bonds is 3. The minimum Gasteiger partial charge on any atom is -0.452 e. The third-order valence-corrected chi connectivity index (χ3v) is 5.05. The van der Waals surface area contributed by atoms with Crippen LogP contribution in [0.25, 0.3) is 22.1 Å². The molecule has 0 N–H and O–H groups in total. The lowest BCUT2D eigenvalue weighted by Crippen LogP contribution is -2.02. The van der Waals surface area contributed by atoms with Crippen LogP contribution in [0.2, 0.25) is 10.0 Å². The smallest absolute Gasteiger partial charge is 0.229 e. The second-order valence-corrected chi connectivity index (χ2v) is 7.04. The molecule has 4 aromatic rings. The molecule has 27 heavy (non-hydrogen) atoms. The van der Waals surface area contributed by atoms with E-state index in [9.17, 15) is 9.18 Å². The maximum Gasteiger partial charge on any atom is 0.229 e. The molecule has 0 aliphatic rings. The minimum absolute atomic E-state index is 0.208. The predicted molar refractivity (Wildman–Crippen MR) is 106 cm³/mol. The van der Waals surface area contributed by atoms with Gasteiger partial charge in [-0.15, -0.1) is 0 Å². The van der Waals surface area contributed by atoms with Crippen LogP contribution in [0.4, 0.5) is 4.39 Å². The molecule has 0 atom stereocenters. The number of halogens is 3. The van der Waals surface area contributed by atoms with E-state index in [4.69, 9.17) is 27.6 Å². The van der Waals surface area contributed by atoms with Crippen molar-refractivity contribution < 1.29 is 13.6 Å². The topological polar surface area (TPSA) is 30.2 Å². The van der Waals surface area contributed by atoms with E-state index in [1.807, 2.05) is 19.1 Å². The Balaban J connectivity index is 1.82. The molecular weight excluding hydrogens is 386 g/mol. The van der Waals surface area contributed by atoms with Gasteiger partial charge in [-0.05, 0) is 42.8 Å². The van der Waals surface area contributed by atoms with Crippen molar-refractivity contribution in [3.8, 4) is 11.1 Å². The molecule has 0 radical (unpaired) electrons. The number of carbonyl (C=O) groups excluding carboxylic acids is 1. The molecule has 0 aliphatic carbocycles. The summed E-state index contributed by atoms with van der Waals surface area (Å²) >= 11 is 12.1. The Morgan fingerprint density at radius 1 is 1.00 bits per heavy atom. The number of hydrogen-bond donors (Lipinski definition) is 0. The van der Waals surface area contributed by atoms with Gasteiger partial charge in [-0.1, -0.05) is 53.5 Å². The van der Waals surface area contributed by atoms with Gasteiger partial charge in [-0.3, -0.25) is 4.79 Å². The van der Waals surface area contributed by atoms with Gasteiger partial charge in [0.2, 0.25) is 5.78 Å². The Bertz CT molecular complexity index is 1190. The number of benzene rings is 3. The predicted octanol–water partition coefficient (Wildman–Crippen LogP) is 7.09. The van der Waals surface area contributed by atoms with E-state index in [1.54, 1.807) is 36.4 Å². The fourth-order valence-corrected chi connectivity index (χ4v) is 3.60. The minimum atomic E-state index is -0.321. The van der Waals surface area contributed by atoms with Crippen LogP contribution in [-0.4, -0.2) is 5.78 Å². The Morgan fingerprint density at radius 3 is 2.52 bits per heavy atom. The summed E-state index contributed by atoms with van der Waals surface area (Å²) < 4.78 is 19.9. The molecule has 0 saturated heterocycles. The lowest BCUT2D eigenvalue weighted by atomic mass is 10.0. The number of carbonyl (C=O) groups is 1. The maximum absolute atomic E-state index is 14.1. The van der Waals surface area contributed by atoms with Gasteiger partial charge in [0.1, 0.15) is 11.4 Å². The first-order valence-corrected chi connectivity index (χ1v) is 8.99. The van der Waals surface area contributed by atoms with Gasteiger partial charge in [-0.2, -0.15) is 0 Å². The summed E-state index contributed by atoms with van der Waals surface area (Å²) in [5.74, 6) is -0.429. The molecule has 4 rings (SSSR count). The van der Waals surface area contributed by atoms with Crippen LogP contribution in [0.3, 0.4) is 0 Å². The van der Waals surface area contributed by atoms with E-state index < -0.39 is 0 Å². The molecule has 0 spiro atoms. The number of ketones is 1. The van der Waals surface area contributed by atoms with Gasteiger partial charge in [0.15, 0.2) is 5.76 Å².